The number of primary amides is 1. The predicted molar refractivity (Wildman–Crippen MR) is 76.8 cm³/mol. The largest absolute Gasteiger partial charge is 0.417 e. The van der Waals surface area contributed by atoms with E-state index in [-0.39, 0.29) is 12.4 Å². The van der Waals surface area contributed by atoms with Crippen molar-refractivity contribution in [1.82, 2.24) is 4.90 Å². The summed E-state index contributed by atoms with van der Waals surface area (Å²) in [6.07, 6.45) is -4.57. The standard InChI is InChI=1S/C13H13F3N4O.ClH/c14-13(15,16)11-7-10(2-1-9(11)8-17)19-3-5-20(6-4-19)12(18)21;/h1-2,7H,3-6H2,(H2,18,21);1H. The van der Waals surface area contributed by atoms with E-state index in [0.29, 0.717) is 31.9 Å². The Morgan fingerprint density at radius 1 is 1.23 bits per heavy atom. The molecule has 0 spiro atoms. The van der Waals surface area contributed by atoms with Crippen LogP contribution in [0, 0.1) is 11.3 Å². The highest BCUT2D eigenvalue weighted by atomic mass is 35.5. The number of urea groups is 1. The van der Waals surface area contributed by atoms with Crippen LogP contribution in [-0.4, -0.2) is 37.1 Å². The van der Waals surface area contributed by atoms with Gasteiger partial charge < -0.3 is 15.5 Å². The average Bonchev–Trinajstić information content (AvgIpc) is 2.45. The van der Waals surface area contributed by atoms with E-state index >= 15 is 0 Å². The zero-order valence-corrected chi connectivity index (χ0v) is 12.2. The number of alkyl halides is 3. The molecule has 0 aromatic heterocycles. The van der Waals surface area contributed by atoms with Crippen molar-refractivity contribution in [3.63, 3.8) is 0 Å². The molecule has 1 fully saturated rings. The van der Waals surface area contributed by atoms with Crippen molar-refractivity contribution in [2.24, 2.45) is 5.73 Å². The van der Waals surface area contributed by atoms with Crippen LogP contribution >= 0.6 is 12.4 Å². The second kappa shape index (κ2) is 6.75. The molecular weight excluding hydrogens is 321 g/mol. The minimum Gasteiger partial charge on any atom is -0.368 e. The third-order valence-electron chi connectivity index (χ3n) is 3.39. The third-order valence-corrected chi connectivity index (χ3v) is 3.39. The van der Waals surface area contributed by atoms with Crippen molar-refractivity contribution in [2.75, 3.05) is 31.1 Å². The molecule has 2 amide bonds. The zero-order valence-electron chi connectivity index (χ0n) is 11.4. The molecule has 120 valence electrons. The van der Waals surface area contributed by atoms with Gasteiger partial charge in [0.1, 0.15) is 0 Å². The van der Waals surface area contributed by atoms with E-state index in [9.17, 15) is 18.0 Å². The topological polar surface area (TPSA) is 73.4 Å². The smallest absolute Gasteiger partial charge is 0.368 e. The van der Waals surface area contributed by atoms with Gasteiger partial charge in [-0.15, -0.1) is 12.4 Å². The second-order valence-electron chi connectivity index (χ2n) is 4.65. The Hall–Kier alpha value is -2.14. The number of benzene rings is 1. The number of carbonyl (C=O) groups is 1. The fraction of sp³-hybridized carbons (Fsp3) is 0.385. The molecule has 0 unspecified atom stereocenters. The van der Waals surface area contributed by atoms with Crippen LogP contribution in [0.2, 0.25) is 0 Å². The molecule has 0 atom stereocenters. The summed E-state index contributed by atoms with van der Waals surface area (Å²) in [5.41, 5.74) is 4.19. The summed E-state index contributed by atoms with van der Waals surface area (Å²) >= 11 is 0. The van der Waals surface area contributed by atoms with Crippen molar-refractivity contribution < 1.29 is 18.0 Å². The number of carbonyl (C=O) groups excluding carboxylic acids is 1. The number of hydrogen-bond donors (Lipinski definition) is 1. The first-order valence-corrected chi connectivity index (χ1v) is 6.23. The van der Waals surface area contributed by atoms with E-state index in [0.717, 1.165) is 6.07 Å². The number of anilines is 1. The van der Waals surface area contributed by atoms with Crippen LogP contribution < -0.4 is 10.6 Å². The number of rotatable bonds is 1. The molecule has 5 nitrogen and oxygen atoms in total. The van der Waals surface area contributed by atoms with Gasteiger partial charge in [-0.2, -0.15) is 18.4 Å². The zero-order chi connectivity index (χ0) is 15.6. The fourth-order valence-corrected chi connectivity index (χ4v) is 2.25. The molecule has 2 N–H and O–H groups in total. The summed E-state index contributed by atoms with van der Waals surface area (Å²) in [6, 6.07) is 4.63. The molecule has 1 aliphatic rings. The molecule has 2 rings (SSSR count). The summed E-state index contributed by atoms with van der Waals surface area (Å²) in [4.78, 5) is 14.2. The van der Waals surface area contributed by atoms with E-state index in [1.807, 2.05) is 0 Å². The van der Waals surface area contributed by atoms with Crippen molar-refractivity contribution in [1.29, 1.82) is 5.26 Å². The van der Waals surface area contributed by atoms with E-state index < -0.39 is 23.3 Å². The Balaban J connectivity index is 0.00000242. The molecule has 0 saturated carbocycles. The van der Waals surface area contributed by atoms with Crippen LogP contribution in [-0.2, 0) is 6.18 Å². The first kappa shape index (κ1) is 17.9. The number of hydrogen-bond acceptors (Lipinski definition) is 3. The van der Waals surface area contributed by atoms with Gasteiger partial charge >= 0.3 is 12.2 Å². The van der Waals surface area contributed by atoms with Crippen LogP contribution in [0.4, 0.5) is 23.7 Å². The predicted octanol–water partition coefficient (Wildman–Crippen LogP) is 2.20. The van der Waals surface area contributed by atoms with Crippen LogP contribution in [0.15, 0.2) is 18.2 Å². The quantitative estimate of drug-likeness (QED) is 0.855. The van der Waals surface area contributed by atoms with Gasteiger partial charge in [0.05, 0.1) is 17.2 Å². The first-order valence-electron chi connectivity index (χ1n) is 6.23. The maximum absolute atomic E-state index is 12.9. The molecule has 1 aromatic rings. The minimum atomic E-state index is -4.57. The average molecular weight is 335 g/mol. The van der Waals surface area contributed by atoms with Gasteiger partial charge in [0.15, 0.2) is 0 Å². The number of nitrogens with zero attached hydrogens (tertiary/aromatic N) is 3. The highest BCUT2D eigenvalue weighted by molar-refractivity contribution is 5.85. The van der Waals surface area contributed by atoms with Gasteiger partial charge in [-0.05, 0) is 18.2 Å². The van der Waals surface area contributed by atoms with E-state index in [1.165, 1.54) is 17.0 Å². The minimum absolute atomic E-state index is 0. The molecular formula is C13H14ClF3N4O. The number of nitriles is 1. The highest BCUT2D eigenvalue weighted by Gasteiger charge is 2.34. The lowest BCUT2D eigenvalue weighted by molar-refractivity contribution is -0.137. The maximum atomic E-state index is 12.9. The van der Waals surface area contributed by atoms with Crippen LogP contribution in [0.25, 0.3) is 0 Å². The Labute approximate surface area is 131 Å². The Kier molecular flexibility index (Phi) is 5.49. The van der Waals surface area contributed by atoms with Gasteiger partial charge in [0.25, 0.3) is 0 Å². The molecule has 22 heavy (non-hydrogen) atoms. The van der Waals surface area contributed by atoms with Crippen molar-refractivity contribution in [3.8, 4) is 6.07 Å². The first-order chi connectivity index (χ1) is 9.82. The molecule has 0 radical (unpaired) electrons. The molecule has 1 heterocycles. The molecule has 0 aliphatic carbocycles. The molecule has 1 aliphatic heterocycles. The van der Waals surface area contributed by atoms with Crippen LogP contribution in [0.5, 0.6) is 0 Å². The molecule has 9 heteroatoms. The lowest BCUT2D eigenvalue weighted by Gasteiger charge is -2.35. The molecule has 1 aromatic carbocycles. The summed E-state index contributed by atoms with van der Waals surface area (Å²) in [5, 5.41) is 8.76. The van der Waals surface area contributed by atoms with Crippen molar-refractivity contribution >= 4 is 24.1 Å². The summed E-state index contributed by atoms with van der Waals surface area (Å²) in [6.45, 7) is 1.51. The monoisotopic (exact) mass is 334 g/mol. The van der Waals surface area contributed by atoms with Gasteiger partial charge in [0.2, 0.25) is 0 Å². The van der Waals surface area contributed by atoms with Gasteiger partial charge in [-0.1, -0.05) is 0 Å². The number of piperazine rings is 1. The van der Waals surface area contributed by atoms with E-state index in [2.05, 4.69) is 0 Å². The van der Waals surface area contributed by atoms with Crippen molar-refractivity contribution in [2.45, 2.75) is 6.18 Å². The lowest BCUT2D eigenvalue weighted by Crippen LogP contribution is -2.50. The van der Waals surface area contributed by atoms with E-state index in [1.54, 1.807) is 11.0 Å². The molecule has 0 bridgehead atoms. The van der Waals surface area contributed by atoms with Gasteiger partial charge in [0, 0.05) is 31.9 Å². The van der Waals surface area contributed by atoms with Crippen molar-refractivity contribution in [3.05, 3.63) is 29.3 Å². The number of halogens is 4. The van der Waals surface area contributed by atoms with Crippen LogP contribution in [0.3, 0.4) is 0 Å². The Morgan fingerprint density at radius 3 is 2.27 bits per heavy atom. The Bertz CT molecular complexity index is 592. The third kappa shape index (κ3) is 3.74. The normalized spacial score (nSPS) is 15.0. The molecule has 1 saturated heterocycles. The number of amides is 2. The highest BCUT2D eigenvalue weighted by Crippen LogP contribution is 2.34. The summed E-state index contributed by atoms with van der Waals surface area (Å²) in [7, 11) is 0. The summed E-state index contributed by atoms with van der Waals surface area (Å²) in [5.74, 6) is 0. The summed E-state index contributed by atoms with van der Waals surface area (Å²) < 4.78 is 38.7. The second-order valence-corrected chi connectivity index (χ2v) is 4.65. The van der Waals surface area contributed by atoms with Gasteiger partial charge in [-0.25, -0.2) is 4.79 Å². The fourth-order valence-electron chi connectivity index (χ4n) is 2.25. The SMILES string of the molecule is Cl.N#Cc1ccc(N2CCN(C(N)=O)CC2)cc1C(F)(F)F. The lowest BCUT2D eigenvalue weighted by atomic mass is 10.1. The van der Waals surface area contributed by atoms with Crippen LogP contribution in [0.1, 0.15) is 11.1 Å². The van der Waals surface area contributed by atoms with Gasteiger partial charge in [-0.3, -0.25) is 0 Å². The maximum Gasteiger partial charge on any atom is 0.417 e. The Morgan fingerprint density at radius 2 is 1.82 bits per heavy atom. The van der Waals surface area contributed by atoms with E-state index in [4.69, 9.17) is 11.0 Å². The number of nitrogens with two attached hydrogens (primary N) is 1.